The van der Waals surface area contributed by atoms with Crippen molar-refractivity contribution in [3.8, 4) is 11.5 Å². The summed E-state index contributed by atoms with van der Waals surface area (Å²) < 4.78 is 68.3. The zero-order valence-corrected chi connectivity index (χ0v) is 20.7. The molecule has 9 heteroatoms. The molecule has 0 atom stereocenters. The summed E-state index contributed by atoms with van der Waals surface area (Å²) in [5.41, 5.74) is 0. The van der Waals surface area contributed by atoms with Crippen LogP contribution in [-0.4, -0.2) is 28.0 Å². The van der Waals surface area contributed by atoms with E-state index < -0.39 is 20.2 Å². The van der Waals surface area contributed by atoms with Crippen LogP contribution in [0.5, 0.6) is 11.5 Å². The molecule has 0 aliphatic heterocycles. The van der Waals surface area contributed by atoms with Crippen molar-refractivity contribution in [1.29, 1.82) is 0 Å². The van der Waals surface area contributed by atoms with Gasteiger partial charge in [0, 0.05) is 0 Å². The maximum atomic E-state index is 12.3. The van der Waals surface area contributed by atoms with Crippen LogP contribution in [0.25, 0.3) is 0 Å². The van der Waals surface area contributed by atoms with E-state index in [4.69, 9.17) is 8.92 Å². The minimum atomic E-state index is -4.52. The van der Waals surface area contributed by atoms with Gasteiger partial charge in [0.1, 0.15) is 21.6 Å². The highest BCUT2D eigenvalue weighted by molar-refractivity contribution is 7.86. The lowest BCUT2D eigenvalue weighted by Crippen LogP contribution is -2.07. The van der Waals surface area contributed by atoms with Gasteiger partial charge in [-0.1, -0.05) is 64.7 Å². The summed E-state index contributed by atoms with van der Waals surface area (Å²) in [6.07, 6.45) is 11.6. The Hall–Kier alpha value is -1.94. The summed E-state index contributed by atoms with van der Waals surface area (Å²) in [7, 11) is -8.36. The van der Waals surface area contributed by atoms with Crippen LogP contribution < -0.4 is 4.74 Å². The van der Waals surface area contributed by atoms with Crippen LogP contribution >= 0.6 is 0 Å². The van der Waals surface area contributed by atoms with Gasteiger partial charge < -0.3 is 9.29 Å². The van der Waals surface area contributed by atoms with E-state index in [0.717, 1.165) is 25.0 Å². The zero-order valence-electron chi connectivity index (χ0n) is 19.1. The van der Waals surface area contributed by atoms with Crippen molar-refractivity contribution < 1.29 is 30.3 Å². The van der Waals surface area contributed by atoms with Crippen LogP contribution in [0, 0.1) is 0 Å². The van der Waals surface area contributed by atoms with Crippen LogP contribution in [0.2, 0.25) is 0 Å². The Morgan fingerprint density at radius 3 is 1.52 bits per heavy atom. The molecule has 0 amide bonds. The van der Waals surface area contributed by atoms with Crippen molar-refractivity contribution in [3.05, 3.63) is 48.5 Å². The topological polar surface area (TPSA) is 110 Å². The predicted molar refractivity (Wildman–Crippen MR) is 126 cm³/mol. The van der Waals surface area contributed by atoms with Crippen LogP contribution in [0.15, 0.2) is 58.3 Å². The summed E-state index contributed by atoms with van der Waals surface area (Å²) in [4.78, 5) is -0.314. The molecular formula is C24H33O7S2-. The molecule has 0 aliphatic carbocycles. The van der Waals surface area contributed by atoms with Crippen molar-refractivity contribution in [2.45, 2.75) is 80.9 Å². The standard InChI is InChI=1S/C24H34O7S2/c1-2-3-4-5-6-7-8-9-10-11-20-30-33(28,29)24-18-14-22(15-19-24)31-21-12-16-23(17-13-21)32(25,26)27/h12-19H,2-11,20H2,1H3,(H,25,26,27)/p-1. The van der Waals surface area contributed by atoms with E-state index >= 15 is 0 Å². The first kappa shape index (κ1) is 27.3. The van der Waals surface area contributed by atoms with Gasteiger partial charge in [0.25, 0.3) is 10.1 Å². The van der Waals surface area contributed by atoms with Gasteiger partial charge in [-0.15, -0.1) is 0 Å². The third-order valence-electron chi connectivity index (χ3n) is 5.20. The first-order chi connectivity index (χ1) is 15.7. The van der Waals surface area contributed by atoms with Crippen LogP contribution in [0.3, 0.4) is 0 Å². The van der Waals surface area contributed by atoms with Gasteiger partial charge in [0.15, 0.2) is 0 Å². The highest BCUT2D eigenvalue weighted by atomic mass is 32.2. The van der Waals surface area contributed by atoms with Crippen molar-refractivity contribution in [1.82, 2.24) is 0 Å². The van der Waals surface area contributed by atoms with E-state index in [1.165, 1.54) is 81.3 Å². The fourth-order valence-corrected chi connectivity index (χ4v) is 4.72. The molecule has 0 radical (unpaired) electrons. The van der Waals surface area contributed by atoms with Crippen LogP contribution in [-0.2, 0) is 24.4 Å². The van der Waals surface area contributed by atoms with E-state index in [9.17, 15) is 21.4 Å². The molecule has 33 heavy (non-hydrogen) atoms. The van der Waals surface area contributed by atoms with Crippen molar-refractivity contribution in [2.24, 2.45) is 0 Å². The number of rotatable bonds is 16. The molecule has 0 saturated carbocycles. The Labute approximate surface area is 198 Å². The summed E-state index contributed by atoms with van der Waals surface area (Å²) in [6.45, 7) is 2.37. The fraction of sp³-hybridized carbons (Fsp3) is 0.500. The first-order valence-corrected chi connectivity index (χ1v) is 14.3. The largest absolute Gasteiger partial charge is 0.744 e. The van der Waals surface area contributed by atoms with Gasteiger partial charge in [-0.3, -0.25) is 4.18 Å². The Balaban J connectivity index is 1.71. The third kappa shape index (κ3) is 10.2. The lowest BCUT2D eigenvalue weighted by atomic mass is 10.1. The van der Waals surface area contributed by atoms with Gasteiger partial charge >= 0.3 is 0 Å². The third-order valence-corrected chi connectivity index (χ3v) is 7.37. The minimum Gasteiger partial charge on any atom is -0.744 e. The Morgan fingerprint density at radius 1 is 0.636 bits per heavy atom. The molecular weight excluding hydrogens is 464 g/mol. The van der Waals surface area contributed by atoms with E-state index in [2.05, 4.69) is 6.92 Å². The molecule has 2 rings (SSSR count). The molecule has 0 aromatic heterocycles. The number of hydrogen-bond acceptors (Lipinski definition) is 7. The molecule has 0 fully saturated rings. The number of benzene rings is 2. The molecule has 0 saturated heterocycles. The summed E-state index contributed by atoms with van der Waals surface area (Å²) in [5.74, 6) is 0.677. The second-order valence-electron chi connectivity index (χ2n) is 7.96. The molecule has 0 heterocycles. The number of hydrogen-bond donors (Lipinski definition) is 0. The highest BCUT2D eigenvalue weighted by Gasteiger charge is 2.15. The van der Waals surface area contributed by atoms with Gasteiger partial charge in [0.05, 0.1) is 16.4 Å². The fourth-order valence-electron chi connectivity index (χ4n) is 3.31. The summed E-state index contributed by atoms with van der Waals surface area (Å²) in [5, 5.41) is 0. The monoisotopic (exact) mass is 497 g/mol. The summed E-state index contributed by atoms with van der Waals surface area (Å²) >= 11 is 0. The van der Waals surface area contributed by atoms with E-state index in [1.807, 2.05) is 0 Å². The van der Waals surface area contributed by atoms with Crippen LogP contribution in [0.4, 0.5) is 0 Å². The van der Waals surface area contributed by atoms with E-state index in [-0.39, 0.29) is 16.4 Å². The smallest absolute Gasteiger partial charge is 0.296 e. The molecule has 0 spiro atoms. The maximum Gasteiger partial charge on any atom is 0.296 e. The molecule has 0 unspecified atom stereocenters. The lowest BCUT2D eigenvalue weighted by molar-refractivity contribution is 0.306. The molecule has 184 valence electrons. The predicted octanol–water partition coefficient (Wildman–Crippen LogP) is 6.01. The quantitative estimate of drug-likeness (QED) is 0.159. The molecule has 7 nitrogen and oxygen atoms in total. The van der Waals surface area contributed by atoms with Crippen LogP contribution in [0.1, 0.15) is 71.1 Å². The average Bonchev–Trinajstić information content (AvgIpc) is 2.77. The Kier molecular flexibility index (Phi) is 11.3. The van der Waals surface area contributed by atoms with Crippen molar-refractivity contribution in [2.75, 3.05) is 6.61 Å². The minimum absolute atomic E-state index is 0.0368. The van der Waals surface area contributed by atoms with Gasteiger partial charge in [-0.25, -0.2) is 8.42 Å². The lowest BCUT2D eigenvalue weighted by Gasteiger charge is -2.10. The molecule has 0 N–H and O–H groups in total. The molecule has 2 aromatic rings. The summed E-state index contributed by atoms with van der Waals surface area (Å²) in [6, 6.07) is 10.7. The average molecular weight is 498 g/mol. The SMILES string of the molecule is CCCCCCCCCCCCOS(=O)(=O)c1ccc(Oc2ccc(S(=O)(=O)[O-])cc2)cc1. The second-order valence-corrected chi connectivity index (χ2v) is 11.0. The second kappa shape index (κ2) is 13.7. The van der Waals surface area contributed by atoms with Gasteiger partial charge in [-0.05, 0) is 55.0 Å². The normalized spacial score (nSPS) is 12.1. The molecule has 0 bridgehead atoms. The maximum absolute atomic E-state index is 12.3. The number of unbranched alkanes of at least 4 members (excludes halogenated alkanes) is 9. The number of ether oxygens (including phenoxy) is 1. The van der Waals surface area contributed by atoms with Gasteiger partial charge in [0.2, 0.25) is 0 Å². The van der Waals surface area contributed by atoms with E-state index in [0.29, 0.717) is 17.9 Å². The first-order valence-electron chi connectivity index (χ1n) is 11.5. The highest BCUT2D eigenvalue weighted by Crippen LogP contribution is 2.25. The Bertz CT molecular complexity index is 1030. The van der Waals surface area contributed by atoms with Crippen molar-refractivity contribution in [3.63, 3.8) is 0 Å². The Morgan fingerprint density at radius 2 is 1.06 bits per heavy atom. The van der Waals surface area contributed by atoms with Crippen molar-refractivity contribution >= 4 is 20.2 Å². The molecule has 2 aromatic carbocycles. The zero-order chi connectivity index (χ0) is 24.2. The van der Waals surface area contributed by atoms with E-state index in [1.54, 1.807) is 0 Å². The molecule has 0 aliphatic rings. The van der Waals surface area contributed by atoms with Gasteiger partial charge in [-0.2, -0.15) is 8.42 Å².